The minimum atomic E-state index is 0.378. The van der Waals surface area contributed by atoms with E-state index in [0.29, 0.717) is 5.41 Å². The molecule has 19 heavy (non-hydrogen) atoms. The first-order valence-corrected chi connectivity index (χ1v) is 7.88. The van der Waals surface area contributed by atoms with Crippen molar-refractivity contribution < 1.29 is 0 Å². The van der Waals surface area contributed by atoms with Gasteiger partial charge < -0.3 is 9.80 Å². The van der Waals surface area contributed by atoms with Crippen molar-refractivity contribution in [2.24, 2.45) is 10.4 Å². The smallest absolute Gasteiger partial charge is 0.0847 e. The van der Waals surface area contributed by atoms with Gasteiger partial charge in [0.15, 0.2) is 0 Å². The highest BCUT2D eigenvalue weighted by Gasteiger charge is 2.21. The van der Waals surface area contributed by atoms with E-state index in [1.54, 1.807) is 0 Å². The molecule has 1 fully saturated rings. The first-order valence-electron chi connectivity index (χ1n) is 7.88. The largest absolute Gasteiger partial charge is 0.365 e. The molecule has 0 radical (unpaired) electrons. The Morgan fingerprint density at radius 3 is 1.63 bits per heavy atom. The fraction of sp³-hybridized carbons (Fsp3) is 0.938. The number of rotatable bonds is 0. The van der Waals surface area contributed by atoms with Crippen LogP contribution in [-0.4, -0.2) is 56.4 Å². The topological polar surface area (TPSA) is 18.8 Å². The Morgan fingerprint density at radius 2 is 1.42 bits per heavy atom. The van der Waals surface area contributed by atoms with Crippen molar-refractivity contribution in [3.63, 3.8) is 0 Å². The van der Waals surface area contributed by atoms with Crippen LogP contribution < -0.4 is 0 Å². The van der Waals surface area contributed by atoms with Gasteiger partial charge in [-0.05, 0) is 33.0 Å². The fourth-order valence-electron chi connectivity index (χ4n) is 2.07. The van der Waals surface area contributed by atoms with Crippen LogP contribution in [0.2, 0.25) is 0 Å². The standard InChI is InChI=1S/C7H14N2.C5H11N.2C2H6/c1-7(2)4-8-6-9(3)5-7;1-6-4-2-3-5-6;2*1-2/h6H,4-5H2,1-3H3;2-5H2,1H3;2*1-2H3. The molecular weight excluding hydrogens is 234 g/mol. The number of likely N-dealkylation sites (tertiary alicyclic amines) is 1. The molecule has 0 N–H and O–H groups in total. The van der Waals surface area contributed by atoms with Gasteiger partial charge in [-0.25, -0.2) is 0 Å². The van der Waals surface area contributed by atoms with Crippen LogP contribution in [0.25, 0.3) is 0 Å². The molecule has 0 amide bonds. The van der Waals surface area contributed by atoms with E-state index >= 15 is 0 Å². The van der Waals surface area contributed by atoms with Gasteiger partial charge in [-0.3, -0.25) is 4.99 Å². The highest BCUT2D eigenvalue weighted by atomic mass is 15.2. The van der Waals surface area contributed by atoms with Crippen LogP contribution in [0.15, 0.2) is 4.99 Å². The average Bonchev–Trinajstić information content (AvgIpc) is 2.84. The number of hydrogen-bond donors (Lipinski definition) is 0. The Kier molecular flexibility index (Phi) is 13.6. The molecule has 0 bridgehead atoms. The fourth-order valence-corrected chi connectivity index (χ4v) is 2.07. The Bertz CT molecular complexity index is 206. The molecule has 0 aromatic heterocycles. The van der Waals surface area contributed by atoms with Crippen molar-refractivity contribution in [2.75, 3.05) is 40.3 Å². The summed E-state index contributed by atoms with van der Waals surface area (Å²) in [7, 11) is 4.23. The summed E-state index contributed by atoms with van der Waals surface area (Å²) in [5.41, 5.74) is 0.378. The highest BCUT2D eigenvalue weighted by molar-refractivity contribution is 5.55. The van der Waals surface area contributed by atoms with Gasteiger partial charge in [-0.1, -0.05) is 41.5 Å². The predicted octanol–water partition coefficient (Wildman–Crippen LogP) is 3.75. The Hall–Kier alpha value is -0.570. The van der Waals surface area contributed by atoms with Crippen molar-refractivity contribution in [3.05, 3.63) is 0 Å². The molecule has 0 spiro atoms. The molecule has 2 rings (SSSR count). The van der Waals surface area contributed by atoms with Gasteiger partial charge in [0.1, 0.15) is 0 Å². The summed E-state index contributed by atoms with van der Waals surface area (Å²) in [6.45, 7) is 17.2. The molecule has 0 aliphatic carbocycles. The third kappa shape index (κ3) is 12.2. The van der Waals surface area contributed by atoms with E-state index in [2.05, 4.69) is 42.7 Å². The Balaban J connectivity index is 0. The van der Waals surface area contributed by atoms with Crippen LogP contribution in [0.3, 0.4) is 0 Å². The minimum Gasteiger partial charge on any atom is -0.365 e. The van der Waals surface area contributed by atoms with Crippen LogP contribution in [-0.2, 0) is 0 Å². The van der Waals surface area contributed by atoms with Crippen molar-refractivity contribution in [1.29, 1.82) is 0 Å². The number of hydrogen-bond acceptors (Lipinski definition) is 3. The second-order valence-electron chi connectivity index (χ2n) is 5.55. The lowest BCUT2D eigenvalue weighted by Gasteiger charge is -2.31. The lowest BCUT2D eigenvalue weighted by molar-refractivity contribution is 0.273. The molecule has 1 saturated heterocycles. The van der Waals surface area contributed by atoms with Crippen molar-refractivity contribution in [3.8, 4) is 0 Å². The van der Waals surface area contributed by atoms with E-state index < -0.39 is 0 Å². The molecule has 2 aliphatic rings. The van der Waals surface area contributed by atoms with Gasteiger partial charge in [0.25, 0.3) is 0 Å². The van der Waals surface area contributed by atoms with Gasteiger partial charge in [0, 0.05) is 25.6 Å². The summed E-state index contributed by atoms with van der Waals surface area (Å²) in [6.07, 6.45) is 4.73. The van der Waals surface area contributed by atoms with Gasteiger partial charge in [-0.2, -0.15) is 0 Å². The molecule has 0 aromatic rings. The van der Waals surface area contributed by atoms with Crippen molar-refractivity contribution in [2.45, 2.75) is 54.4 Å². The van der Waals surface area contributed by atoms with Crippen molar-refractivity contribution >= 4 is 6.34 Å². The zero-order valence-corrected chi connectivity index (χ0v) is 14.7. The van der Waals surface area contributed by atoms with Crippen molar-refractivity contribution in [1.82, 2.24) is 9.80 Å². The van der Waals surface area contributed by atoms with E-state index in [-0.39, 0.29) is 0 Å². The molecule has 0 unspecified atom stereocenters. The minimum absolute atomic E-state index is 0.378. The molecule has 2 heterocycles. The maximum absolute atomic E-state index is 4.21. The van der Waals surface area contributed by atoms with Crippen LogP contribution in [0.5, 0.6) is 0 Å². The van der Waals surface area contributed by atoms with Gasteiger partial charge in [-0.15, -0.1) is 0 Å². The van der Waals surface area contributed by atoms with E-state index in [4.69, 9.17) is 0 Å². The highest BCUT2D eigenvalue weighted by Crippen LogP contribution is 2.18. The Morgan fingerprint density at radius 1 is 0.947 bits per heavy atom. The molecule has 0 aromatic carbocycles. The predicted molar refractivity (Wildman–Crippen MR) is 89.2 cm³/mol. The summed E-state index contributed by atoms with van der Waals surface area (Å²) in [5, 5.41) is 0. The zero-order chi connectivity index (χ0) is 15.3. The van der Waals surface area contributed by atoms with Gasteiger partial charge >= 0.3 is 0 Å². The molecule has 3 nitrogen and oxygen atoms in total. The van der Waals surface area contributed by atoms with Gasteiger partial charge in [0.05, 0.1) is 6.34 Å². The van der Waals surface area contributed by atoms with E-state index in [9.17, 15) is 0 Å². The molecule has 116 valence electrons. The summed E-state index contributed by atoms with van der Waals surface area (Å²) in [5.74, 6) is 0. The monoisotopic (exact) mass is 271 g/mol. The van der Waals surface area contributed by atoms with Crippen LogP contribution in [0.4, 0.5) is 0 Å². The lowest BCUT2D eigenvalue weighted by Crippen LogP contribution is -2.36. The maximum Gasteiger partial charge on any atom is 0.0847 e. The lowest BCUT2D eigenvalue weighted by atomic mass is 9.92. The first kappa shape index (κ1) is 20.7. The quantitative estimate of drug-likeness (QED) is 0.668. The van der Waals surface area contributed by atoms with E-state index in [1.807, 2.05) is 34.0 Å². The maximum atomic E-state index is 4.21. The third-order valence-electron chi connectivity index (χ3n) is 2.81. The van der Waals surface area contributed by atoms with E-state index in [1.165, 1.54) is 25.9 Å². The summed E-state index contributed by atoms with van der Waals surface area (Å²) in [4.78, 5) is 8.70. The van der Waals surface area contributed by atoms with E-state index in [0.717, 1.165) is 13.1 Å². The van der Waals surface area contributed by atoms with Crippen LogP contribution >= 0.6 is 0 Å². The molecular formula is C16H37N3. The molecule has 2 aliphatic heterocycles. The third-order valence-corrected chi connectivity index (χ3v) is 2.81. The average molecular weight is 271 g/mol. The summed E-state index contributed by atoms with van der Waals surface area (Å²) in [6, 6.07) is 0. The van der Waals surface area contributed by atoms with Gasteiger partial charge in [0.2, 0.25) is 0 Å². The second-order valence-corrected chi connectivity index (χ2v) is 5.55. The zero-order valence-electron chi connectivity index (χ0n) is 14.7. The normalized spacial score (nSPS) is 20.3. The second kappa shape index (κ2) is 12.5. The van der Waals surface area contributed by atoms with Crippen LogP contribution in [0.1, 0.15) is 54.4 Å². The summed E-state index contributed by atoms with van der Waals surface area (Å²) < 4.78 is 0. The molecule has 0 atom stereocenters. The number of aliphatic imine (C=N–C) groups is 1. The Labute approximate surface area is 122 Å². The molecule has 3 heteroatoms. The SMILES string of the molecule is CC.CC.CN1C=NCC(C)(C)C1.CN1CCCC1. The number of nitrogens with zero attached hydrogens (tertiary/aromatic N) is 3. The van der Waals surface area contributed by atoms with Crippen LogP contribution in [0, 0.1) is 5.41 Å². The summed E-state index contributed by atoms with van der Waals surface area (Å²) >= 11 is 0. The molecule has 0 saturated carbocycles. The first-order chi connectivity index (χ1) is 8.99.